The summed E-state index contributed by atoms with van der Waals surface area (Å²) in [6, 6.07) is 2.79. The lowest BCUT2D eigenvalue weighted by molar-refractivity contribution is -0.139. The van der Waals surface area contributed by atoms with Crippen molar-refractivity contribution in [1.29, 1.82) is 0 Å². The van der Waals surface area contributed by atoms with E-state index in [2.05, 4.69) is 22.8 Å². The van der Waals surface area contributed by atoms with E-state index >= 15 is 0 Å². The van der Waals surface area contributed by atoms with Gasteiger partial charge in [0.25, 0.3) is 0 Å². The van der Waals surface area contributed by atoms with Gasteiger partial charge < -0.3 is 15.7 Å². The van der Waals surface area contributed by atoms with E-state index in [1.807, 2.05) is 20.1 Å². The number of hydrogen-bond acceptors (Lipinski definition) is 4. The molecular formula is C14H22N2O3S2. The third kappa shape index (κ3) is 6.86. The van der Waals surface area contributed by atoms with E-state index in [1.54, 1.807) is 23.1 Å². The predicted octanol–water partition coefficient (Wildman–Crippen LogP) is 2.49. The van der Waals surface area contributed by atoms with E-state index in [-0.39, 0.29) is 6.04 Å². The van der Waals surface area contributed by atoms with Crippen LogP contribution in [0.2, 0.25) is 0 Å². The highest BCUT2D eigenvalue weighted by molar-refractivity contribution is 7.98. The minimum absolute atomic E-state index is 0.0435. The van der Waals surface area contributed by atoms with E-state index in [0.717, 1.165) is 6.42 Å². The lowest BCUT2D eigenvalue weighted by Gasteiger charge is -2.17. The van der Waals surface area contributed by atoms with Gasteiger partial charge in [-0.3, -0.25) is 0 Å². The molecule has 21 heavy (non-hydrogen) atoms. The molecule has 7 heteroatoms. The van der Waals surface area contributed by atoms with E-state index in [4.69, 9.17) is 5.11 Å². The van der Waals surface area contributed by atoms with E-state index in [9.17, 15) is 9.59 Å². The number of carboxylic acids is 1. The first-order valence-electron chi connectivity index (χ1n) is 6.76. The number of urea groups is 1. The fourth-order valence-electron chi connectivity index (χ4n) is 1.86. The zero-order valence-corrected chi connectivity index (χ0v) is 14.1. The number of nitrogens with one attached hydrogen (secondary N) is 2. The second-order valence-electron chi connectivity index (χ2n) is 4.91. The first-order chi connectivity index (χ1) is 9.92. The molecule has 1 rings (SSSR count). The van der Waals surface area contributed by atoms with Crippen LogP contribution in [0.1, 0.15) is 23.1 Å². The molecule has 1 aromatic rings. The van der Waals surface area contributed by atoms with Crippen LogP contribution in [0.15, 0.2) is 12.1 Å². The summed E-state index contributed by atoms with van der Waals surface area (Å²) < 4.78 is 0. The van der Waals surface area contributed by atoms with Gasteiger partial charge in [0, 0.05) is 22.2 Å². The van der Waals surface area contributed by atoms with Gasteiger partial charge in [-0.15, -0.1) is 11.3 Å². The molecule has 0 saturated carbocycles. The van der Waals surface area contributed by atoms with Gasteiger partial charge in [0.05, 0.1) is 0 Å². The van der Waals surface area contributed by atoms with Crippen molar-refractivity contribution in [3.63, 3.8) is 0 Å². The Morgan fingerprint density at radius 2 is 2.10 bits per heavy atom. The molecule has 0 aliphatic rings. The van der Waals surface area contributed by atoms with Crippen molar-refractivity contribution in [3.05, 3.63) is 21.9 Å². The zero-order chi connectivity index (χ0) is 15.8. The number of carbonyl (C=O) groups is 2. The standard InChI is InChI=1S/C14H22N2O3S2/c1-9(8-11-5-4-10(2)21-11)15-14(19)16-12(13(17)18)6-7-20-3/h4-5,9,12H,6-8H2,1-3H3,(H,17,18)(H2,15,16,19)/t9?,12-/m1/s1. The summed E-state index contributed by atoms with van der Waals surface area (Å²) in [6.45, 7) is 3.95. The third-order valence-corrected chi connectivity index (χ3v) is 4.56. The molecule has 0 spiro atoms. The Hall–Kier alpha value is -1.21. The molecule has 0 saturated heterocycles. The van der Waals surface area contributed by atoms with Crippen molar-refractivity contribution in [3.8, 4) is 0 Å². The molecule has 0 aliphatic heterocycles. The quantitative estimate of drug-likeness (QED) is 0.684. The molecule has 0 radical (unpaired) electrons. The molecule has 0 fully saturated rings. The third-order valence-electron chi connectivity index (χ3n) is 2.89. The van der Waals surface area contributed by atoms with Gasteiger partial charge in [-0.25, -0.2) is 9.59 Å². The summed E-state index contributed by atoms with van der Waals surface area (Å²) in [5.74, 6) is -0.304. The molecule has 0 aliphatic carbocycles. The highest BCUT2D eigenvalue weighted by atomic mass is 32.2. The number of carboxylic acid groups (broad SMARTS) is 1. The Labute approximate surface area is 133 Å². The Bertz CT molecular complexity index is 477. The Balaban J connectivity index is 2.41. The maximum Gasteiger partial charge on any atom is 0.326 e. The Morgan fingerprint density at radius 3 is 2.62 bits per heavy atom. The van der Waals surface area contributed by atoms with Crippen LogP contribution < -0.4 is 10.6 Å². The second-order valence-corrected chi connectivity index (χ2v) is 7.27. The largest absolute Gasteiger partial charge is 0.480 e. The van der Waals surface area contributed by atoms with Gasteiger partial charge in [-0.05, 0) is 44.4 Å². The first-order valence-corrected chi connectivity index (χ1v) is 8.97. The second kappa shape index (κ2) is 8.94. The average molecular weight is 330 g/mol. The first kappa shape index (κ1) is 17.8. The smallest absolute Gasteiger partial charge is 0.326 e. The number of thiophene rings is 1. The number of aliphatic carboxylic acids is 1. The van der Waals surface area contributed by atoms with E-state index < -0.39 is 18.0 Å². The van der Waals surface area contributed by atoms with Crippen LogP contribution in [0.25, 0.3) is 0 Å². The van der Waals surface area contributed by atoms with Crippen molar-refractivity contribution >= 4 is 35.1 Å². The summed E-state index contributed by atoms with van der Waals surface area (Å²) in [7, 11) is 0. The Kier molecular flexibility index (Phi) is 7.60. The van der Waals surface area contributed by atoms with Crippen molar-refractivity contribution in [2.45, 2.75) is 38.8 Å². The predicted molar refractivity (Wildman–Crippen MR) is 88.3 cm³/mol. The molecule has 1 aromatic heterocycles. The number of aryl methyl sites for hydroxylation is 1. The van der Waals surface area contributed by atoms with Gasteiger partial charge in [-0.2, -0.15) is 11.8 Å². The molecule has 1 heterocycles. The van der Waals surface area contributed by atoms with E-state index in [0.29, 0.717) is 12.2 Å². The molecule has 0 aromatic carbocycles. The summed E-state index contributed by atoms with van der Waals surface area (Å²) in [5.41, 5.74) is 0. The van der Waals surface area contributed by atoms with Crippen LogP contribution in [0.4, 0.5) is 4.79 Å². The van der Waals surface area contributed by atoms with Gasteiger partial charge >= 0.3 is 12.0 Å². The summed E-state index contributed by atoms with van der Waals surface area (Å²) in [5, 5.41) is 14.4. The molecule has 3 N–H and O–H groups in total. The summed E-state index contributed by atoms with van der Waals surface area (Å²) >= 11 is 3.26. The number of carbonyl (C=O) groups excluding carboxylic acids is 1. The van der Waals surface area contributed by atoms with Crippen molar-refractivity contribution in [1.82, 2.24) is 10.6 Å². The molecule has 2 atom stereocenters. The summed E-state index contributed by atoms with van der Waals surface area (Å²) in [6.07, 6.45) is 3.07. The fourth-order valence-corrected chi connectivity index (χ4v) is 3.35. The number of amides is 2. The van der Waals surface area contributed by atoms with Crippen LogP contribution in [0.3, 0.4) is 0 Å². The average Bonchev–Trinajstić information content (AvgIpc) is 2.79. The van der Waals surface area contributed by atoms with Crippen LogP contribution in [-0.2, 0) is 11.2 Å². The van der Waals surface area contributed by atoms with Crippen molar-refractivity contribution in [2.24, 2.45) is 0 Å². The Morgan fingerprint density at radius 1 is 1.38 bits per heavy atom. The molecule has 1 unspecified atom stereocenters. The maximum atomic E-state index is 11.8. The van der Waals surface area contributed by atoms with Gasteiger partial charge in [-0.1, -0.05) is 0 Å². The van der Waals surface area contributed by atoms with Crippen LogP contribution in [0.5, 0.6) is 0 Å². The van der Waals surface area contributed by atoms with Gasteiger partial charge in [0.2, 0.25) is 0 Å². The SMILES string of the molecule is CSCC[C@@H](NC(=O)NC(C)Cc1ccc(C)s1)C(=O)O. The lowest BCUT2D eigenvalue weighted by Crippen LogP contribution is -2.49. The van der Waals surface area contributed by atoms with Gasteiger partial charge in [0.1, 0.15) is 6.04 Å². The fraction of sp³-hybridized carbons (Fsp3) is 0.571. The normalized spacial score (nSPS) is 13.5. The van der Waals surface area contributed by atoms with Crippen LogP contribution in [-0.4, -0.2) is 41.2 Å². The highest BCUT2D eigenvalue weighted by Crippen LogP contribution is 2.16. The van der Waals surface area contributed by atoms with Crippen LogP contribution in [0, 0.1) is 6.92 Å². The zero-order valence-electron chi connectivity index (χ0n) is 12.5. The topological polar surface area (TPSA) is 78.4 Å². The number of rotatable bonds is 8. The minimum Gasteiger partial charge on any atom is -0.480 e. The van der Waals surface area contributed by atoms with Crippen LogP contribution >= 0.6 is 23.1 Å². The minimum atomic E-state index is -0.999. The monoisotopic (exact) mass is 330 g/mol. The molecule has 118 valence electrons. The summed E-state index contributed by atoms with van der Waals surface area (Å²) in [4.78, 5) is 25.4. The molecular weight excluding hydrogens is 308 g/mol. The molecule has 0 bridgehead atoms. The molecule has 2 amide bonds. The van der Waals surface area contributed by atoms with E-state index in [1.165, 1.54) is 9.75 Å². The number of hydrogen-bond donors (Lipinski definition) is 3. The number of thioether (sulfide) groups is 1. The lowest BCUT2D eigenvalue weighted by atomic mass is 10.2. The maximum absolute atomic E-state index is 11.8. The van der Waals surface area contributed by atoms with Gasteiger partial charge in [0.15, 0.2) is 0 Å². The highest BCUT2D eigenvalue weighted by Gasteiger charge is 2.20. The van der Waals surface area contributed by atoms with Crippen molar-refractivity contribution in [2.75, 3.05) is 12.0 Å². The van der Waals surface area contributed by atoms with Crippen molar-refractivity contribution < 1.29 is 14.7 Å². The molecule has 5 nitrogen and oxygen atoms in total.